The van der Waals surface area contributed by atoms with Crippen molar-refractivity contribution in [1.29, 1.82) is 0 Å². The second kappa shape index (κ2) is 8.56. The van der Waals surface area contributed by atoms with Gasteiger partial charge in [-0.3, -0.25) is 4.79 Å². The van der Waals surface area contributed by atoms with E-state index in [2.05, 4.69) is 24.3 Å². The van der Waals surface area contributed by atoms with Crippen molar-refractivity contribution in [3.63, 3.8) is 0 Å². The zero-order chi connectivity index (χ0) is 23.1. The van der Waals surface area contributed by atoms with Crippen LogP contribution in [0, 0.1) is 12.8 Å². The third kappa shape index (κ3) is 3.87. The van der Waals surface area contributed by atoms with Crippen LogP contribution in [0.3, 0.4) is 0 Å². The number of carbonyl (C=O) groups excluding carboxylic acids is 1. The van der Waals surface area contributed by atoms with Gasteiger partial charge in [-0.15, -0.1) is 0 Å². The van der Waals surface area contributed by atoms with E-state index < -0.39 is 18.0 Å². The molecule has 168 valence electrons. The molecule has 33 heavy (non-hydrogen) atoms. The number of likely N-dealkylation sites (tertiary alicyclic amines) is 1. The number of ether oxygens (including phenoxy) is 1. The van der Waals surface area contributed by atoms with Crippen LogP contribution in [0.1, 0.15) is 34.1 Å². The van der Waals surface area contributed by atoms with Crippen LogP contribution in [-0.2, 0) is 9.53 Å². The second-order valence-corrected chi connectivity index (χ2v) is 9.18. The average molecular weight is 462 g/mol. The van der Waals surface area contributed by atoms with Gasteiger partial charge in [0.25, 0.3) is 0 Å². The van der Waals surface area contributed by atoms with E-state index in [1.54, 1.807) is 6.07 Å². The molecule has 0 spiro atoms. The molecule has 2 aliphatic rings. The van der Waals surface area contributed by atoms with E-state index >= 15 is 0 Å². The van der Waals surface area contributed by atoms with Crippen molar-refractivity contribution in [3.05, 3.63) is 94.0 Å². The summed E-state index contributed by atoms with van der Waals surface area (Å²) in [5.41, 5.74) is 6.38. The molecule has 1 aliphatic carbocycles. The molecular weight excluding hydrogens is 438 g/mol. The van der Waals surface area contributed by atoms with E-state index in [0.29, 0.717) is 11.6 Å². The molecule has 5 rings (SSSR count). The molecule has 0 saturated carbocycles. The summed E-state index contributed by atoms with van der Waals surface area (Å²) in [6.07, 6.45) is -0.476. The largest absolute Gasteiger partial charge is 0.481 e. The van der Waals surface area contributed by atoms with Crippen LogP contribution >= 0.6 is 11.6 Å². The first kappa shape index (κ1) is 21.5. The van der Waals surface area contributed by atoms with Crippen LogP contribution in [0.15, 0.2) is 66.7 Å². The Morgan fingerprint density at radius 2 is 1.64 bits per heavy atom. The van der Waals surface area contributed by atoms with Gasteiger partial charge in [0.15, 0.2) is 0 Å². The summed E-state index contributed by atoms with van der Waals surface area (Å²) in [6, 6.07) is 21.9. The first-order valence-corrected chi connectivity index (χ1v) is 11.4. The Morgan fingerprint density at radius 3 is 2.24 bits per heavy atom. The summed E-state index contributed by atoms with van der Waals surface area (Å²) < 4.78 is 5.75. The van der Waals surface area contributed by atoms with Gasteiger partial charge in [-0.25, -0.2) is 4.79 Å². The van der Waals surface area contributed by atoms with Gasteiger partial charge >= 0.3 is 12.1 Å². The summed E-state index contributed by atoms with van der Waals surface area (Å²) in [5, 5.41) is 10.4. The fourth-order valence-electron chi connectivity index (χ4n) is 5.12. The molecule has 2 unspecified atom stereocenters. The number of hydrogen-bond acceptors (Lipinski definition) is 3. The minimum atomic E-state index is -0.915. The SMILES string of the molecule is Cc1cc(C2CN(C(=O)OCC3c4ccccc4-c4ccccc43)CC2C(=O)O)ccc1Cl. The highest BCUT2D eigenvalue weighted by molar-refractivity contribution is 6.31. The van der Waals surface area contributed by atoms with Crippen molar-refractivity contribution in [2.45, 2.75) is 18.8 Å². The van der Waals surface area contributed by atoms with Gasteiger partial charge in [-0.2, -0.15) is 0 Å². The molecule has 1 heterocycles. The fourth-order valence-corrected chi connectivity index (χ4v) is 5.24. The minimum absolute atomic E-state index is 0.0334. The Balaban J connectivity index is 1.32. The number of rotatable bonds is 4. The van der Waals surface area contributed by atoms with Crippen LogP contribution in [0.4, 0.5) is 4.79 Å². The number of amides is 1. The Labute approximate surface area is 197 Å². The third-order valence-corrected chi connectivity index (χ3v) is 7.27. The highest BCUT2D eigenvalue weighted by Crippen LogP contribution is 2.44. The van der Waals surface area contributed by atoms with Gasteiger partial charge in [0.2, 0.25) is 0 Å². The zero-order valence-electron chi connectivity index (χ0n) is 18.2. The van der Waals surface area contributed by atoms with Crippen LogP contribution in [0.25, 0.3) is 11.1 Å². The topological polar surface area (TPSA) is 66.8 Å². The number of aliphatic carboxylic acids is 1. The number of halogens is 1. The normalized spacial score (nSPS) is 19.3. The molecule has 3 aromatic carbocycles. The number of carboxylic acid groups (broad SMARTS) is 1. The summed E-state index contributed by atoms with van der Waals surface area (Å²) in [6.45, 7) is 2.53. The first-order chi connectivity index (χ1) is 15.9. The van der Waals surface area contributed by atoms with Crippen molar-refractivity contribution in [2.75, 3.05) is 19.7 Å². The molecule has 3 aromatic rings. The Kier molecular flexibility index (Phi) is 5.59. The molecule has 0 radical (unpaired) electrons. The van der Waals surface area contributed by atoms with Gasteiger partial charge in [0.05, 0.1) is 5.92 Å². The van der Waals surface area contributed by atoms with Crippen molar-refractivity contribution in [2.24, 2.45) is 5.92 Å². The number of nitrogens with zero attached hydrogens (tertiary/aromatic N) is 1. The van der Waals surface area contributed by atoms with Gasteiger partial charge in [0.1, 0.15) is 6.61 Å². The first-order valence-electron chi connectivity index (χ1n) is 11.0. The lowest BCUT2D eigenvalue weighted by Crippen LogP contribution is -2.31. The number of fused-ring (bicyclic) bond motifs is 3. The molecular formula is C27H24ClNO4. The maximum absolute atomic E-state index is 13.0. The lowest BCUT2D eigenvalue weighted by Gasteiger charge is -2.19. The Bertz CT molecular complexity index is 1190. The predicted octanol–water partition coefficient (Wildman–Crippen LogP) is 5.70. The second-order valence-electron chi connectivity index (χ2n) is 8.77. The van der Waals surface area contributed by atoms with E-state index in [1.807, 2.05) is 43.3 Å². The highest BCUT2D eigenvalue weighted by Gasteiger charge is 2.41. The van der Waals surface area contributed by atoms with Crippen LogP contribution < -0.4 is 0 Å². The average Bonchev–Trinajstić information content (AvgIpc) is 3.40. The predicted molar refractivity (Wildman–Crippen MR) is 127 cm³/mol. The molecule has 0 bridgehead atoms. The maximum atomic E-state index is 13.0. The molecule has 0 aromatic heterocycles. The summed E-state index contributed by atoms with van der Waals surface area (Å²) in [4.78, 5) is 26.4. The van der Waals surface area contributed by atoms with Crippen molar-refractivity contribution < 1.29 is 19.4 Å². The lowest BCUT2D eigenvalue weighted by atomic mass is 9.88. The van der Waals surface area contributed by atoms with Crippen molar-refractivity contribution in [3.8, 4) is 11.1 Å². The van der Waals surface area contributed by atoms with Gasteiger partial charge < -0.3 is 14.7 Å². The van der Waals surface area contributed by atoms with E-state index in [0.717, 1.165) is 22.3 Å². The monoisotopic (exact) mass is 461 g/mol. The van der Waals surface area contributed by atoms with Crippen molar-refractivity contribution >= 4 is 23.7 Å². The van der Waals surface area contributed by atoms with E-state index in [-0.39, 0.29) is 25.0 Å². The smallest absolute Gasteiger partial charge is 0.409 e. The summed E-state index contributed by atoms with van der Waals surface area (Å²) in [5.74, 6) is -1.94. The number of aryl methyl sites for hydroxylation is 1. The number of carbonyl (C=O) groups is 2. The van der Waals surface area contributed by atoms with E-state index in [4.69, 9.17) is 16.3 Å². The van der Waals surface area contributed by atoms with Crippen LogP contribution in [-0.4, -0.2) is 41.8 Å². The minimum Gasteiger partial charge on any atom is -0.481 e. The molecule has 5 nitrogen and oxygen atoms in total. The number of hydrogen-bond donors (Lipinski definition) is 1. The molecule has 1 saturated heterocycles. The fraction of sp³-hybridized carbons (Fsp3) is 0.259. The van der Waals surface area contributed by atoms with Crippen LogP contribution in [0.2, 0.25) is 5.02 Å². The molecule has 2 atom stereocenters. The van der Waals surface area contributed by atoms with Gasteiger partial charge in [0, 0.05) is 29.9 Å². The third-order valence-electron chi connectivity index (χ3n) is 6.84. The Morgan fingerprint density at radius 1 is 1.00 bits per heavy atom. The standard InChI is InChI=1S/C27H24ClNO4/c1-16-12-17(10-11-25(16)28)22-13-29(14-23(22)26(30)31)27(32)33-15-24-20-8-4-2-6-18(20)19-7-3-5-9-21(19)24/h2-12,22-24H,13-15H2,1H3,(H,30,31). The summed E-state index contributed by atoms with van der Waals surface area (Å²) in [7, 11) is 0. The molecule has 6 heteroatoms. The van der Waals surface area contributed by atoms with E-state index in [9.17, 15) is 14.7 Å². The van der Waals surface area contributed by atoms with Gasteiger partial charge in [-0.05, 0) is 46.4 Å². The Hall–Kier alpha value is -3.31. The van der Waals surface area contributed by atoms with Crippen molar-refractivity contribution in [1.82, 2.24) is 4.90 Å². The van der Waals surface area contributed by atoms with Gasteiger partial charge in [-0.1, -0.05) is 72.3 Å². The molecule has 1 aliphatic heterocycles. The zero-order valence-corrected chi connectivity index (χ0v) is 19.0. The molecule has 1 fully saturated rings. The lowest BCUT2D eigenvalue weighted by molar-refractivity contribution is -0.141. The number of carboxylic acids is 1. The quantitative estimate of drug-likeness (QED) is 0.541. The summed E-state index contributed by atoms with van der Waals surface area (Å²) >= 11 is 6.14. The van der Waals surface area contributed by atoms with Crippen LogP contribution in [0.5, 0.6) is 0 Å². The van der Waals surface area contributed by atoms with E-state index in [1.165, 1.54) is 16.0 Å². The highest BCUT2D eigenvalue weighted by atomic mass is 35.5. The maximum Gasteiger partial charge on any atom is 0.409 e. The number of benzene rings is 3. The molecule has 1 amide bonds. The molecule has 1 N–H and O–H groups in total.